The number of hydrogen-bond donors (Lipinski definition) is 1. The fraction of sp³-hybridized carbons (Fsp3) is 0.857. The molecule has 3 heteroatoms. The zero-order chi connectivity index (χ0) is 7.56. The number of carbonyl (C=O) groups excluding carboxylic acids is 1. The monoisotopic (exact) mass is 143 g/mol. The molecule has 0 aromatic heterocycles. The molecule has 1 aliphatic heterocycles. The van der Waals surface area contributed by atoms with Gasteiger partial charge in [-0.2, -0.15) is 0 Å². The lowest BCUT2D eigenvalue weighted by atomic mass is 10.1. The molecular weight excluding hydrogens is 130 g/mol. The summed E-state index contributed by atoms with van der Waals surface area (Å²) in [7, 11) is 0. The summed E-state index contributed by atoms with van der Waals surface area (Å²) in [5, 5.41) is 2.72. The first-order valence-electron chi connectivity index (χ1n) is 3.62. The van der Waals surface area contributed by atoms with Gasteiger partial charge >= 0.3 is 6.09 Å². The van der Waals surface area contributed by atoms with E-state index in [0.29, 0.717) is 12.5 Å². The molecule has 0 saturated carbocycles. The molecule has 1 heterocycles. The predicted octanol–water partition coefficient (Wildman–Crippen LogP) is 1.14. The highest BCUT2D eigenvalue weighted by Gasteiger charge is 2.22. The van der Waals surface area contributed by atoms with Gasteiger partial charge in [-0.1, -0.05) is 13.8 Å². The molecule has 1 saturated heterocycles. The number of carbonyl (C=O) groups is 1. The molecule has 1 amide bonds. The number of amides is 1. The van der Waals surface area contributed by atoms with Crippen molar-refractivity contribution in [3.05, 3.63) is 0 Å². The average Bonchev–Trinajstić information content (AvgIpc) is 2.13. The SMILES string of the molecule is CC(C)C[C@H]1COC(=O)N1. The van der Waals surface area contributed by atoms with Gasteiger partial charge in [0.05, 0.1) is 6.04 Å². The van der Waals surface area contributed by atoms with Gasteiger partial charge in [0, 0.05) is 0 Å². The Labute approximate surface area is 60.7 Å². The molecule has 1 N–H and O–H groups in total. The highest BCUT2D eigenvalue weighted by Crippen LogP contribution is 2.08. The van der Waals surface area contributed by atoms with Crippen LogP contribution in [0.25, 0.3) is 0 Å². The first kappa shape index (κ1) is 7.38. The average molecular weight is 143 g/mol. The van der Waals surface area contributed by atoms with Gasteiger partial charge in [0.15, 0.2) is 0 Å². The second-order valence-corrected chi connectivity index (χ2v) is 3.07. The van der Waals surface area contributed by atoms with Crippen LogP contribution in [-0.2, 0) is 4.74 Å². The molecule has 0 aromatic carbocycles. The van der Waals surface area contributed by atoms with E-state index in [1.165, 1.54) is 0 Å². The maximum Gasteiger partial charge on any atom is 0.407 e. The Kier molecular flexibility index (Phi) is 2.14. The predicted molar refractivity (Wildman–Crippen MR) is 37.7 cm³/mol. The number of alkyl carbamates (subject to hydrolysis) is 1. The van der Waals surface area contributed by atoms with Crippen molar-refractivity contribution in [1.82, 2.24) is 5.32 Å². The first-order chi connectivity index (χ1) is 4.68. The van der Waals surface area contributed by atoms with E-state index >= 15 is 0 Å². The van der Waals surface area contributed by atoms with Gasteiger partial charge in [-0.15, -0.1) is 0 Å². The van der Waals surface area contributed by atoms with Crippen molar-refractivity contribution in [2.24, 2.45) is 5.92 Å². The highest BCUT2D eigenvalue weighted by atomic mass is 16.6. The number of hydrogen-bond acceptors (Lipinski definition) is 2. The minimum Gasteiger partial charge on any atom is -0.447 e. The molecule has 0 spiro atoms. The van der Waals surface area contributed by atoms with Gasteiger partial charge in [0.25, 0.3) is 0 Å². The standard InChI is InChI=1S/C7H13NO2/c1-5(2)3-6-4-10-7(9)8-6/h5-6H,3-4H2,1-2H3,(H,8,9)/t6-/m0/s1. The molecule has 58 valence electrons. The normalized spacial score (nSPS) is 24.7. The summed E-state index contributed by atoms with van der Waals surface area (Å²) in [5.74, 6) is 0.618. The second-order valence-electron chi connectivity index (χ2n) is 3.07. The van der Waals surface area contributed by atoms with Gasteiger partial charge in [-0.3, -0.25) is 0 Å². The topological polar surface area (TPSA) is 38.3 Å². The van der Waals surface area contributed by atoms with Crippen molar-refractivity contribution in [1.29, 1.82) is 0 Å². The quantitative estimate of drug-likeness (QED) is 0.629. The van der Waals surface area contributed by atoms with Crippen LogP contribution in [0.15, 0.2) is 0 Å². The second kappa shape index (κ2) is 2.90. The number of nitrogens with one attached hydrogen (secondary N) is 1. The lowest BCUT2D eigenvalue weighted by Crippen LogP contribution is -2.27. The van der Waals surface area contributed by atoms with Crippen LogP contribution in [0.1, 0.15) is 20.3 Å². The Bertz CT molecular complexity index is 134. The maximum absolute atomic E-state index is 10.5. The molecule has 1 rings (SSSR count). The number of cyclic esters (lactones) is 1. The third kappa shape index (κ3) is 1.90. The van der Waals surface area contributed by atoms with Crippen molar-refractivity contribution in [3.63, 3.8) is 0 Å². The van der Waals surface area contributed by atoms with Crippen LogP contribution in [0, 0.1) is 5.92 Å². The Balaban J connectivity index is 2.24. The van der Waals surface area contributed by atoms with Crippen LogP contribution in [-0.4, -0.2) is 18.7 Å². The number of rotatable bonds is 2. The highest BCUT2D eigenvalue weighted by molar-refractivity contribution is 5.69. The van der Waals surface area contributed by atoms with Gasteiger partial charge in [-0.25, -0.2) is 4.79 Å². The molecule has 0 unspecified atom stereocenters. The van der Waals surface area contributed by atoms with Gasteiger partial charge in [0.2, 0.25) is 0 Å². The summed E-state index contributed by atoms with van der Waals surface area (Å²) in [6, 6.07) is 0.243. The van der Waals surface area contributed by atoms with Crippen molar-refractivity contribution in [3.8, 4) is 0 Å². The van der Waals surface area contributed by atoms with Crippen LogP contribution in [0.5, 0.6) is 0 Å². The third-order valence-corrected chi connectivity index (χ3v) is 1.49. The van der Waals surface area contributed by atoms with Crippen molar-refractivity contribution in [2.75, 3.05) is 6.61 Å². The first-order valence-corrected chi connectivity index (χ1v) is 3.62. The summed E-state index contributed by atoms with van der Waals surface area (Å²) in [6.07, 6.45) is 0.733. The zero-order valence-electron chi connectivity index (χ0n) is 6.39. The molecule has 0 radical (unpaired) electrons. The Morgan fingerprint density at radius 1 is 1.80 bits per heavy atom. The van der Waals surface area contributed by atoms with Crippen LogP contribution in [0.3, 0.4) is 0 Å². The molecular formula is C7H13NO2. The molecule has 1 aliphatic rings. The Morgan fingerprint density at radius 2 is 2.50 bits per heavy atom. The maximum atomic E-state index is 10.5. The zero-order valence-corrected chi connectivity index (χ0v) is 6.39. The van der Waals surface area contributed by atoms with E-state index in [2.05, 4.69) is 19.2 Å². The van der Waals surface area contributed by atoms with Gasteiger partial charge in [-0.05, 0) is 12.3 Å². The van der Waals surface area contributed by atoms with Crippen molar-refractivity contribution >= 4 is 6.09 Å². The minimum atomic E-state index is -0.273. The minimum absolute atomic E-state index is 0.243. The van der Waals surface area contributed by atoms with Crippen molar-refractivity contribution in [2.45, 2.75) is 26.3 Å². The van der Waals surface area contributed by atoms with E-state index in [0.717, 1.165) is 6.42 Å². The van der Waals surface area contributed by atoms with Gasteiger partial charge in [0.1, 0.15) is 6.61 Å². The van der Waals surface area contributed by atoms with E-state index in [1.807, 2.05) is 0 Å². The van der Waals surface area contributed by atoms with Crippen LogP contribution in [0.2, 0.25) is 0 Å². The van der Waals surface area contributed by atoms with E-state index < -0.39 is 0 Å². The smallest absolute Gasteiger partial charge is 0.407 e. The fourth-order valence-corrected chi connectivity index (χ4v) is 1.12. The lowest BCUT2D eigenvalue weighted by molar-refractivity contribution is 0.176. The van der Waals surface area contributed by atoms with E-state index in [-0.39, 0.29) is 12.1 Å². The summed E-state index contributed by atoms with van der Waals surface area (Å²) >= 11 is 0. The summed E-state index contributed by atoms with van der Waals surface area (Å²) in [4.78, 5) is 10.5. The molecule has 0 aliphatic carbocycles. The van der Waals surface area contributed by atoms with Gasteiger partial charge < -0.3 is 10.1 Å². The molecule has 0 bridgehead atoms. The third-order valence-electron chi connectivity index (χ3n) is 1.49. The molecule has 1 atom stereocenters. The van der Waals surface area contributed by atoms with Crippen LogP contribution < -0.4 is 5.32 Å². The summed E-state index contributed by atoms with van der Waals surface area (Å²) < 4.78 is 4.72. The lowest BCUT2D eigenvalue weighted by Gasteiger charge is -2.08. The Morgan fingerprint density at radius 3 is 2.90 bits per heavy atom. The Hall–Kier alpha value is -0.730. The largest absolute Gasteiger partial charge is 0.447 e. The van der Waals surface area contributed by atoms with E-state index in [1.54, 1.807) is 0 Å². The van der Waals surface area contributed by atoms with Crippen LogP contribution >= 0.6 is 0 Å². The summed E-state index contributed by atoms with van der Waals surface area (Å²) in [6.45, 7) is 4.80. The molecule has 0 aromatic rings. The van der Waals surface area contributed by atoms with Crippen LogP contribution in [0.4, 0.5) is 4.79 Å². The fourth-order valence-electron chi connectivity index (χ4n) is 1.12. The summed E-state index contributed by atoms with van der Waals surface area (Å²) in [5.41, 5.74) is 0. The van der Waals surface area contributed by atoms with E-state index in [4.69, 9.17) is 4.74 Å². The van der Waals surface area contributed by atoms with E-state index in [9.17, 15) is 4.79 Å². The van der Waals surface area contributed by atoms with Crippen molar-refractivity contribution < 1.29 is 9.53 Å². The molecule has 3 nitrogen and oxygen atoms in total. The molecule has 10 heavy (non-hydrogen) atoms. The number of ether oxygens (including phenoxy) is 1. The molecule has 1 fully saturated rings.